The number of piperazine rings is 1. The maximum Gasteiger partial charge on any atom is 0.161 e. The Bertz CT molecular complexity index is 812. The monoisotopic (exact) mass is 431 g/mol. The summed E-state index contributed by atoms with van der Waals surface area (Å²) in [5.74, 6) is 1.02. The second kappa shape index (κ2) is 12.0. The van der Waals surface area contributed by atoms with Gasteiger partial charge in [0.2, 0.25) is 0 Å². The molecule has 0 aromatic heterocycles. The highest BCUT2D eigenvalue weighted by atomic mass is 19.1. The van der Waals surface area contributed by atoms with E-state index in [4.69, 9.17) is 9.47 Å². The molecule has 6 nitrogen and oxygen atoms in total. The van der Waals surface area contributed by atoms with Crippen LogP contribution in [0.15, 0.2) is 42.5 Å². The molecule has 1 fully saturated rings. The van der Waals surface area contributed by atoms with Gasteiger partial charge in [-0.25, -0.2) is 4.39 Å². The zero-order valence-electron chi connectivity index (χ0n) is 18.5. The van der Waals surface area contributed by atoms with Crippen LogP contribution >= 0.6 is 0 Å². The lowest BCUT2D eigenvalue weighted by Crippen LogP contribution is -2.49. The summed E-state index contributed by atoms with van der Waals surface area (Å²) in [7, 11) is 1.61. The number of aliphatic hydroxyl groups excluding tert-OH is 1. The van der Waals surface area contributed by atoms with Crippen LogP contribution < -0.4 is 14.8 Å². The van der Waals surface area contributed by atoms with E-state index >= 15 is 0 Å². The predicted octanol–water partition coefficient (Wildman–Crippen LogP) is 2.50. The summed E-state index contributed by atoms with van der Waals surface area (Å²) in [6.07, 6.45) is -0.550. The molecule has 0 spiro atoms. The molecule has 2 N–H and O–H groups in total. The summed E-state index contributed by atoms with van der Waals surface area (Å²) in [6.45, 7) is 9.35. The van der Waals surface area contributed by atoms with E-state index < -0.39 is 6.10 Å². The van der Waals surface area contributed by atoms with Gasteiger partial charge in [-0.2, -0.15) is 0 Å². The third kappa shape index (κ3) is 7.47. The molecule has 0 unspecified atom stereocenters. The fourth-order valence-corrected chi connectivity index (χ4v) is 3.76. The molecule has 170 valence electrons. The molecule has 1 heterocycles. The number of nitrogens with one attached hydrogen (secondary N) is 1. The minimum atomic E-state index is -0.550. The van der Waals surface area contributed by atoms with Crippen LogP contribution in [-0.4, -0.2) is 74.0 Å². The van der Waals surface area contributed by atoms with Gasteiger partial charge in [0, 0.05) is 45.8 Å². The SMILES string of the molecule is CCN1CCN(C[C@@H](O)COc2ccc(CNCc3cccc(F)c3)cc2OC)CC1. The van der Waals surface area contributed by atoms with Crippen molar-refractivity contribution in [3.8, 4) is 11.5 Å². The molecule has 0 amide bonds. The number of ether oxygens (including phenoxy) is 2. The second-order valence-electron chi connectivity index (χ2n) is 7.92. The average Bonchev–Trinajstić information content (AvgIpc) is 2.78. The number of halogens is 1. The zero-order valence-corrected chi connectivity index (χ0v) is 18.5. The second-order valence-corrected chi connectivity index (χ2v) is 7.92. The highest BCUT2D eigenvalue weighted by Gasteiger charge is 2.19. The molecule has 1 saturated heterocycles. The van der Waals surface area contributed by atoms with E-state index in [1.165, 1.54) is 12.1 Å². The first-order valence-electron chi connectivity index (χ1n) is 10.9. The molecule has 1 atom stereocenters. The van der Waals surface area contributed by atoms with Crippen LogP contribution in [0.25, 0.3) is 0 Å². The van der Waals surface area contributed by atoms with Crippen molar-refractivity contribution in [1.29, 1.82) is 0 Å². The Morgan fingerprint density at radius 2 is 1.71 bits per heavy atom. The van der Waals surface area contributed by atoms with Gasteiger partial charge in [-0.1, -0.05) is 25.1 Å². The fourth-order valence-electron chi connectivity index (χ4n) is 3.76. The van der Waals surface area contributed by atoms with Crippen molar-refractivity contribution >= 4 is 0 Å². The Hall–Kier alpha value is -2.19. The van der Waals surface area contributed by atoms with Crippen LogP contribution in [0.5, 0.6) is 11.5 Å². The molecule has 0 saturated carbocycles. The van der Waals surface area contributed by atoms with Crippen LogP contribution in [0.4, 0.5) is 4.39 Å². The molecule has 1 aliphatic rings. The molecule has 3 rings (SSSR count). The molecule has 2 aromatic carbocycles. The van der Waals surface area contributed by atoms with Gasteiger partial charge in [0.15, 0.2) is 11.5 Å². The van der Waals surface area contributed by atoms with E-state index in [-0.39, 0.29) is 12.4 Å². The molecule has 1 aliphatic heterocycles. The Morgan fingerprint density at radius 1 is 1.00 bits per heavy atom. The van der Waals surface area contributed by atoms with Crippen molar-refractivity contribution in [2.24, 2.45) is 0 Å². The highest BCUT2D eigenvalue weighted by molar-refractivity contribution is 5.43. The number of rotatable bonds is 11. The maximum absolute atomic E-state index is 13.3. The average molecular weight is 432 g/mol. The number of hydrogen-bond donors (Lipinski definition) is 2. The first-order valence-corrected chi connectivity index (χ1v) is 10.9. The van der Waals surface area contributed by atoms with E-state index in [1.54, 1.807) is 13.2 Å². The summed E-state index contributed by atoms with van der Waals surface area (Å²) in [6, 6.07) is 12.3. The quantitative estimate of drug-likeness (QED) is 0.570. The van der Waals surface area contributed by atoms with E-state index in [9.17, 15) is 9.50 Å². The number of β-amino-alcohol motifs (C(OH)–C–C–N with tert-alkyl or cyclic N) is 1. The lowest BCUT2D eigenvalue weighted by Gasteiger charge is -2.34. The van der Waals surface area contributed by atoms with Gasteiger partial charge in [-0.15, -0.1) is 0 Å². The van der Waals surface area contributed by atoms with Gasteiger partial charge >= 0.3 is 0 Å². The predicted molar refractivity (Wildman–Crippen MR) is 120 cm³/mol. The summed E-state index contributed by atoms with van der Waals surface area (Å²) in [5.41, 5.74) is 1.94. The first kappa shape index (κ1) is 23.5. The smallest absolute Gasteiger partial charge is 0.161 e. The Morgan fingerprint density at radius 3 is 2.39 bits per heavy atom. The summed E-state index contributed by atoms with van der Waals surface area (Å²) >= 11 is 0. The van der Waals surface area contributed by atoms with Gasteiger partial charge < -0.3 is 24.8 Å². The molecule has 31 heavy (non-hydrogen) atoms. The van der Waals surface area contributed by atoms with E-state index in [0.29, 0.717) is 31.1 Å². The van der Waals surface area contributed by atoms with Crippen molar-refractivity contribution < 1.29 is 19.0 Å². The number of methoxy groups -OCH3 is 1. The Labute approximate surface area is 184 Å². The molecule has 7 heteroatoms. The van der Waals surface area contributed by atoms with Crippen molar-refractivity contribution in [3.63, 3.8) is 0 Å². The Balaban J connectivity index is 1.44. The minimum absolute atomic E-state index is 0.224. The van der Waals surface area contributed by atoms with E-state index in [0.717, 1.165) is 43.9 Å². The summed E-state index contributed by atoms with van der Waals surface area (Å²) in [5, 5.41) is 13.7. The number of aliphatic hydroxyl groups is 1. The summed E-state index contributed by atoms with van der Waals surface area (Å²) < 4.78 is 24.6. The van der Waals surface area contributed by atoms with Crippen LogP contribution in [0.2, 0.25) is 0 Å². The minimum Gasteiger partial charge on any atom is -0.493 e. The van der Waals surface area contributed by atoms with Crippen molar-refractivity contribution in [2.75, 3.05) is 53.0 Å². The number of benzene rings is 2. The highest BCUT2D eigenvalue weighted by Crippen LogP contribution is 2.28. The van der Waals surface area contributed by atoms with Crippen LogP contribution in [0, 0.1) is 5.82 Å². The maximum atomic E-state index is 13.3. The fraction of sp³-hybridized carbons (Fsp3) is 0.500. The lowest BCUT2D eigenvalue weighted by molar-refractivity contribution is 0.0464. The van der Waals surface area contributed by atoms with Gasteiger partial charge in [0.1, 0.15) is 18.5 Å². The molecular formula is C24H34FN3O3. The van der Waals surface area contributed by atoms with Crippen molar-refractivity contribution in [1.82, 2.24) is 15.1 Å². The largest absolute Gasteiger partial charge is 0.493 e. The normalized spacial score (nSPS) is 16.3. The third-order valence-corrected chi connectivity index (χ3v) is 5.59. The van der Waals surface area contributed by atoms with E-state index in [2.05, 4.69) is 22.0 Å². The summed E-state index contributed by atoms with van der Waals surface area (Å²) in [4.78, 5) is 4.70. The standard InChI is InChI=1S/C24H34FN3O3/c1-3-27-9-11-28(12-10-27)17-22(29)18-31-23-8-7-20(14-24(23)30-2)16-26-15-19-5-4-6-21(25)13-19/h4-8,13-14,22,26,29H,3,9-12,15-18H2,1-2H3/t22-/m1/s1. The molecular weight excluding hydrogens is 397 g/mol. The first-order chi connectivity index (χ1) is 15.1. The third-order valence-electron chi connectivity index (χ3n) is 5.59. The van der Waals surface area contributed by atoms with Crippen LogP contribution in [0.3, 0.4) is 0 Å². The van der Waals surface area contributed by atoms with Crippen molar-refractivity contribution in [2.45, 2.75) is 26.1 Å². The van der Waals surface area contributed by atoms with Crippen molar-refractivity contribution in [3.05, 3.63) is 59.4 Å². The van der Waals surface area contributed by atoms with Gasteiger partial charge in [-0.05, 0) is 41.9 Å². The number of nitrogens with zero attached hydrogens (tertiary/aromatic N) is 2. The molecule has 2 aromatic rings. The number of likely N-dealkylation sites (N-methyl/N-ethyl adjacent to an activating group) is 1. The Kier molecular flexibility index (Phi) is 9.09. The number of hydrogen-bond acceptors (Lipinski definition) is 6. The van der Waals surface area contributed by atoms with Crippen LogP contribution in [0.1, 0.15) is 18.1 Å². The van der Waals surface area contributed by atoms with Gasteiger partial charge in [0.25, 0.3) is 0 Å². The van der Waals surface area contributed by atoms with Gasteiger partial charge in [0.05, 0.1) is 7.11 Å². The van der Waals surface area contributed by atoms with E-state index in [1.807, 2.05) is 24.3 Å². The molecule has 0 radical (unpaired) electrons. The molecule has 0 bridgehead atoms. The lowest BCUT2D eigenvalue weighted by atomic mass is 10.2. The molecule has 0 aliphatic carbocycles. The topological polar surface area (TPSA) is 57.2 Å². The van der Waals surface area contributed by atoms with Crippen LogP contribution in [-0.2, 0) is 13.1 Å². The zero-order chi connectivity index (χ0) is 22.1. The van der Waals surface area contributed by atoms with Gasteiger partial charge in [-0.3, -0.25) is 4.90 Å².